The Morgan fingerprint density at radius 3 is 2.50 bits per heavy atom. The predicted molar refractivity (Wildman–Crippen MR) is 76.4 cm³/mol. The molecule has 1 fully saturated rings. The quantitative estimate of drug-likeness (QED) is 0.777. The van der Waals surface area contributed by atoms with Crippen molar-refractivity contribution in [1.29, 1.82) is 0 Å². The molecule has 1 amide bonds. The van der Waals surface area contributed by atoms with Crippen LogP contribution in [0.4, 0.5) is 0 Å². The molecule has 0 heterocycles. The van der Waals surface area contributed by atoms with Gasteiger partial charge in [0.1, 0.15) is 0 Å². The fourth-order valence-corrected chi connectivity index (χ4v) is 2.83. The van der Waals surface area contributed by atoms with Gasteiger partial charge in [-0.05, 0) is 25.2 Å². The first kappa shape index (κ1) is 17.0. The second-order valence-corrected chi connectivity index (χ2v) is 6.07. The Hall–Kier alpha value is -1.10. The number of ether oxygens (including phenoxy) is 1. The van der Waals surface area contributed by atoms with Gasteiger partial charge in [-0.15, -0.1) is 0 Å². The van der Waals surface area contributed by atoms with Crippen molar-refractivity contribution >= 4 is 11.9 Å². The van der Waals surface area contributed by atoms with Gasteiger partial charge in [-0.1, -0.05) is 20.3 Å². The van der Waals surface area contributed by atoms with Crippen LogP contribution in [0.5, 0.6) is 0 Å². The van der Waals surface area contributed by atoms with Crippen LogP contribution < -0.4 is 0 Å². The molecule has 0 radical (unpaired) electrons. The smallest absolute Gasteiger partial charge is 0.306 e. The molecular formula is C15H27NO4. The van der Waals surface area contributed by atoms with Crippen LogP contribution in [-0.4, -0.2) is 48.7 Å². The van der Waals surface area contributed by atoms with E-state index in [4.69, 9.17) is 9.84 Å². The number of carboxylic acid groups (broad SMARTS) is 1. The first-order valence-electron chi connectivity index (χ1n) is 7.46. The maximum absolute atomic E-state index is 12.6. The van der Waals surface area contributed by atoms with Gasteiger partial charge in [0.15, 0.2) is 0 Å². The molecule has 0 saturated heterocycles. The van der Waals surface area contributed by atoms with Crippen LogP contribution in [0.25, 0.3) is 0 Å². The van der Waals surface area contributed by atoms with Gasteiger partial charge >= 0.3 is 5.97 Å². The third-order valence-electron chi connectivity index (χ3n) is 3.84. The summed E-state index contributed by atoms with van der Waals surface area (Å²) in [6, 6.07) is 0. The summed E-state index contributed by atoms with van der Waals surface area (Å²) in [6.07, 6.45) is 2.81. The lowest BCUT2D eigenvalue weighted by molar-refractivity contribution is -0.145. The number of hydrogen-bond donors (Lipinski definition) is 1. The predicted octanol–water partition coefficient (Wildman–Crippen LogP) is 2.01. The van der Waals surface area contributed by atoms with Gasteiger partial charge < -0.3 is 14.7 Å². The molecule has 0 aromatic heterocycles. The maximum Gasteiger partial charge on any atom is 0.306 e. The van der Waals surface area contributed by atoms with Crippen molar-refractivity contribution in [2.45, 2.75) is 39.5 Å². The van der Waals surface area contributed by atoms with Crippen molar-refractivity contribution in [3.05, 3.63) is 0 Å². The average Bonchev–Trinajstić information content (AvgIpc) is 2.42. The summed E-state index contributed by atoms with van der Waals surface area (Å²) in [7, 11) is 1.62. The Labute approximate surface area is 121 Å². The summed E-state index contributed by atoms with van der Waals surface area (Å²) < 4.78 is 5.06. The molecule has 116 valence electrons. The van der Waals surface area contributed by atoms with E-state index < -0.39 is 5.97 Å². The highest BCUT2D eigenvalue weighted by Gasteiger charge is 2.33. The molecule has 5 heteroatoms. The van der Waals surface area contributed by atoms with Crippen LogP contribution in [0.1, 0.15) is 39.5 Å². The topological polar surface area (TPSA) is 66.8 Å². The lowest BCUT2D eigenvalue weighted by Crippen LogP contribution is -2.42. The SMILES string of the molecule is COCCN(CC(C)C)C(=O)C1CCCC(C(=O)O)C1. The van der Waals surface area contributed by atoms with Crippen LogP contribution in [0, 0.1) is 17.8 Å². The molecule has 0 aliphatic heterocycles. The lowest BCUT2D eigenvalue weighted by atomic mass is 9.80. The van der Waals surface area contributed by atoms with E-state index in [0.717, 1.165) is 12.8 Å². The molecule has 1 aliphatic rings. The van der Waals surface area contributed by atoms with Crippen molar-refractivity contribution in [3.8, 4) is 0 Å². The Balaban J connectivity index is 2.64. The summed E-state index contributed by atoms with van der Waals surface area (Å²) in [6.45, 7) is 5.97. The first-order chi connectivity index (χ1) is 9.45. The van der Waals surface area contributed by atoms with E-state index in [-0.39, 0.29) is 17.7 Å². The van der Waals surface area contributed by atoms with Crippen LogP contribution in [-0.2, 0) is 14.3 Å². The Kier molecular flexibility index (Phi) is 6.99. The van der Waals surface area contributed by atoms with E-state index in [9.17, 15) is 9.59 Å². The van der Waals surface area contributed by atoms with Crippen molar-refractivity contribution in [2.75, 3.05) is 26.8 Å². The molecule has 1 N–H and O–H groups in total. The zero-order chi connectivity index (χ0) is 15.1. The Bertz CT molecular complexity index is 330. The first-order valence-corrected chi connectivity index (χ1v) is 7.46. The molecule has 1 saturated carbocycles. The van der Waals surface area contributed by atoms with Crippen LogP contribution in [0.15, 0.2) is 0 Å². The van der Waals surface area contributed by atoms with E-state index in [2.05, 4.69) is 13.8 Å². The number of amides is 1. The molecule has 1 rings (SSSR count). The van der Waals surface area contributed by atoms with Crippen LogP contribution in [0.2, 0.25) is 0 Å². The normalized spacial score (nSPS) is 22.8. The highest BCUT2D eigenvalue weighted by Crippen LogP contribution is 2.30. The zero-order valence-electron chi connectivity index (χ0n) is 12.8. The fourth-order valence-electron chi connectivity index (χ4n) is 2.83. The molecule has 20 heavy (non-hydrogen) atoms. The standard InChI is InChI=1S/C15H27NO4/c1-11(2)10-16(7-8-20-3)14(17)12-5-4-6-13(9-12)15(18)19/h11-13H,4-10H2,1-3H3,(H,18,19). The second-order valence-electron chi connectivity index (χ2n) is 6.07. The van der Waals surface area contributed by atoms with Crippen LogP contribution >= 0.6 is 0 Å². The summed E-state index contributed by atoms with van der Waals surface area (Å²) in [5, 5.41) is 9.12. The molecule has 1 aliphatic carbocycles. The van der Waals surface area contributed by atoms with Crippen molar-refractivity contribution in [2.24, 2.45) is 17.8 Å². The number of carbonyl (C=O) groups excluding carboxylic acids is 1. The minimum Gasteiger partial charge on any atom is -0.481 e. The molecule has 2 atom stereocenters. The Morgan fingerprint density at radius 1 is 1.30 bits per heavy atom. The van der Waals surface area contributed by atoms with Gasteiger partial charge in [-0.2, -0.15) is 0 Å². The molecule has 0 spiro atoms. The van der Waals surface area contributed by atoms with E-state index in [1.54, 1.807) is 7.11 Å². The van der Waals surface area contributed by atoms with Gasteiger partial charge in [0.05, 0.1) is 12.5 Å². The Morgan fingerprint density at radius 2 is 1.95 bits per heavy atom. The van der Waals surface area contributed by atoms with Crippen LogP contribution in [0.3, 0.4) is 0 Å². The van der Waals surface area contributed by atoms with Crippen molar-refractivity contribution < 1.29 is 19.4 Å². The summed E-state index contributed by atoms with van der Waals surface area (Å²) in [5.41, 5.74) is 0. The summed E-state index contributed by atoms with van der Waals surface area (Å²) >= 11 is 0. The van der Waals surface area contributed by atoms with Gasteiger partial charge in [0.2, 0.25) is 5.91 Å². The number of carboxylic acids is 1. The van der Waals surface area contributed by atoms with E-state index in [1.807, 2.05) is 4.90 Å². The second kappa shape index (κ2) is 8.25. The molecule has 0 bridgehead atoms. The summed E-state index contributed by atoms with van der Waals surface area (Å²) in [4.78, 5) is 25.5. The van der Waals surface area contributed by atoms with Gasteiger partial charge in [0, 0.05) is 26.1 Å². The molecule has 2 unspecified atom stereocenters. The maximum atomic E-state index is 12.6. The number of nitrogens with zero attached hydrogens (tertiary/aromatic N) is 1. The van der Waals surface area contributed by atoms with Gasteiger partial charge in [-0.3, -0.25) is 9.59 Å². The van der Waals surface area contributed by atoms with Crippen molar-refractivity contribution in [1.82, 2.24) is 4.90 Å². The van der Waals surface area contributed by atoms with E-state index in [1.165, 1.54) is 0 Å². The molecular weight excluding hydrogens is 258 g/mol. The minimum atomic E-state index is -0.769. The molecule has 0 aromatic rings. The number of rotatable bonds is 7. The minimum absolute atomic E-state index is 0.0988. The van der Waals surface area contributed by atoms with Gasteiger partial charge in [0.25, 0.3) is 0 Å². The van der Waals surface area contributed by atoms with Crippen molar-refractivity contribution in [3.63, 3.8) is 0 Å². The average molecular weight is 285 g/mol. The van der Waals surface area contributed by atoms with Gasteiger partial charge in [-0.25, -0.2) is 0 Å². The monoisotopic (exact) mass is 285 g/mol. The third-order valence-corrected chi connectivity index (χ3v) is 3.84. The fraction of sp³-hybridized carbons (Fsp3) is 0.867. The highest BCUT2D eigenvalue weighted by molar-refractivity contribution is 5.80. The third kappa shape index (κ3) is 5.12. The number of aliphatic carboxylic acids is 1. The zero-order valence-corrected chi connectivity index (χ0v) is 12.8. The molecule has 0 aromatic carbocycles. The van der Waals surface area contributed by atoms with E-state index in [0.29, 0.717) is 38.5 Å². The summed E-state index contributed by atoms with van der Waals surface area (Å²) in [5.74, 6) is -0.771. The number of carbonyl (C=O) groups is 2. The highest BCUT2D eigenvalue weighted by atomic mass is 16.5. The molecule has 5 nitrogen and oxygen atoms in total. The number of methoxy groups -OCH3 is 1. The lowest BCUT2D eigenvalue weighted by Gasteiger charge is -2.32. The largest absolute Gasteiger partial charge is 0.481 e. The van der Waals surface area contributed by atoms with E-state index >= 15 is 0 Å². The number of hydrogen-bond acceptors (Lipinski definition) is 3.